The number of anilines is 1. The van der Waals surface area contributed by atoms with Gasteiger partial charge < -0.3 is 9.15 Å². The van der Waals surface area contributed by atoms with E-state index in [1.54, 1.807) is 24.3 Å². The van der Waals surface area contributed by atoms with Crippen LogP contribution in [0.3, 0.4) is 0 Å². The standard InChI is InChI=1S/C22H20N2O5S2/c1-3-28-17-10-6-11-18-20(17)23-22(30-18)24(14-15-8-7-13-29-15)21(25)16-9-4-5-12-19(16)31(2,26)27/h4-13H,3,14H2,1-2H3. The van der Waals surface area contributed by atoms with Crippen LogP contribution in [0.4, 0.5) is 5.13 Å². The van der Waals surface area contributed by atoms with Gasteiger partial charge in [0, 0.05) is 6.26 Å². The first kappa shape index (κ1) is 21.1. The van der Waals surface area contributed by atoms with E-state index in [-0.39, 0.29) is 17.0 Å². The molecule has 160 valence electrons. The highest BCUT2D eigenvalue weighted by Crippen LogP contribution is 2.36. The van der Waals surface area contributed by atoms with Crippen molar-refractivity contribution < 1.29 is 22.4 Å². The van der Waals surface area contributed by atoms with Gasteiger partial charge in [-0.3, -0.25) is 9.69 Å². The summed E-state index contributed by atoms with van der Waals surface area (Å²) in [5, 5.41) is 0.423. The van der Waals surface area contributed by atoms with E-state index in [2.05, 4.69) is 4.98 Å². The molecule has 0 saturated heterocycles. The lowest BCUT2D eigenvalue weighted by atomic mass is 10.2. The maximum Gasteiger partial charge on any atom is 0.261 e. The van der Waals surface area contributed by atoms with Gasteiger partial charge in [0.25, 0.3) is 5.91 Å². The Hall–Kier alpha value is -3.17. The number of rotatable bonds is 7. The zero-order chi connectivity index (χ0) is 22.0. The Bertz CT molecular complexity index is 1330. The average Bonchev–Trinajstić information content (AvgIpc) is 3.41. The Morgan fingerprint density at radius 1 is 1.13 bits per heavy atom. The summed E-state index contributed by atoms with van der Waals surface area (Å²) in [5.41, 5.74) is 0.735. The summed E-state index contributed by atoms with van der Waals surface area (Å²) in [6.07, 6.45) is 2.61. The molecular formula is C22H20N2O5S2. The van der Waals surface area contributed by atoms with E-state index in [1.165, 1.54) is 34.6 Å². The van der Waals surface area contributed by atoms with Crippen LogP contribution in [-0.2, 0) is 16.4 Å². The Kier molecular flexibility index (Phi) is 5.79. The van der Waals surface area contributed by atoms with E-state index in [9.17, 15) is 13.2 Å². The first-order valence-corrected chi connectivity index (χ1v) is 12.2. The molecule has 0 aliphatic carbocycles. The summed E-state index contributed by atoms with van der Waals surface area (Å²) in [6.45, 7) is 2.48. The predicted octanol–water partition coefficient (Wildman–Crippen LogP) is 4.54. The molecule has 31 heavy (non-hydrogen) atoms. The first-order valence-electron chi connectivity index (χ1n) is 9.54. The molecule has 0 saturated carbocycles. The normalized spacial score (nSPS) is 11.5. The maximum absolute atomic E-state index is 13.6. The van der Waals surface area contributed by atoms with Crippen molar-refractivity contribution in [1.29, 1.82) is 0 Å². The summed E-state index contributed by atoms with van der Waals surface area (Å²) in [7, 11) is -3.60. The van der Waals surface area contributed by atoms with Gasteiger partial charge in [0.2, 0.25) is 0 Å². The topological polar surface area (TPSA) is 89.7 Å². The van der Waals surface area contributed by atoms with Crippen LogP contribution >= 0.6 is 11.3 Å². The molecular weight excluding hydrogens is 436 g/mol. The minimum atomic E-state index is -3.60. The van der Waals surface area contributed by atoms with Crippen LogP contribution in [0, 0.1) is 0 Å². The Labute approximate surface area is 183 Å². The van der Waals surface area contributed by atoms with Crippen molar-refractivity contribution >= 4 is 42.4 Å². The van der Waals surface area contributed by atoms with Crippen LogP contribution in [0.2, 0.25) is 0 Å². The lowest BCUT2D eigenvalue weighted by molar-refractivity contribution is 0.0980. The zero-order valence-corrected chi connectivity index (χ0v) is 18.6. The number of carbonyl (C=O) groups excluding carboxylic acids is 1. The largest absolute Gasteiger partial charge is 0.492 e. The average molecular weight is 457 g/mol. The number of aromatic nitrogens is 1. The molecule has 0 N–H and O–H groups in total. The maximum atomic E-state index is 13.6. The van der Waals surface area contributed by atoms with Crippen LogP contribution < -0.4 is 9.64 Å². The Morgan fingerprint density at radius 2 is 1.94 bits per heavy atom. The number of thiazole rings is 1. The molecule has 2 heterocycles. The van der Waals surface area contributed by atoms with Crippen LogP contribution in [0.15, 0.2) is 70.2 Å². The highest BCUT2D eigenvalue weighted by atomic mass is 32.2. The van der Waals surface area contributed by atoms with Crippen molar-refractivity contribution in [1.82, 2.24) is 4.98 Å². The number of furan rings is 1. The summed E-state index contributed by atoms with van der Waals surface area (Å²) < 4.78 is 36.5. The number of carbonyl (C=O) groups is 1. The molecule has 7 nitrogen and oxygen atoms in total. The third kappa shape index (κ3) is 4.33. The molecule has 4 aromatic rings. The van der Waals surface area contributed by atoms with Crippen molar-refractivity contribution in [2.75, 3.05) is 17.8 Å². The number of hydrogen-bond acceptors (Lipinski definition) is 7. The van der Waals surface area contributed by atoms with Crippen LogP contribution in [0.25, 0.3) is 10.2 Å². The summed E-state index contributed by atoms with van der Waals surface area (Å²) in [6, 6.07) is 15.2. The van der Waals surface area contributed by atoms with Gasteiger partial charge in [-0.25, -0.2) is 13.4 Å². The second-order valence-corrected chi connectivity index (χ2v) is 9.76. The minimum absolute atomic E-state index is 0.0273. The fourth-order valence-electron chi connectivity index (χ4n) is 3.20. The number of fused-ring (bicyclic) bond motifs is 1. The van der Waals surface area contributed by atoms with Crippen LogP contribution in [-0.4, -0.2) is 32.2 Å². The zero-order valence-electron chi connectivity index (χ0n) is 16.9. The molecule has 2 aromatic heterocycles. The molecule has 0 aliphatic rings. The fraction of sp³-hybridized carbons (Fsp3) is 0.182. The van der Waals surface area contributed by atoms with E-state index in [0.29, 0.717) is 28.8 Å². The van der Waals surface area contributed by atoms with Gasteiger partial charge in [-0.1, -0.05) is 29.5 Å². The van der Waals surface area contributed by atoms with Crippen molar-refractivity contribution in [3.05, 3.63) is 72.2 Å². The molecule has 0 bridgehead atoms. The van der Waals surface area contributed by atoms with Crippen LogP contribution in [0.1, 0.15) is 23.0 Å². The number of hydrogen-bond donors (Lipinski definition) is 0. The van der Waals surface area contributed by atoms with E-state index < -0.39 is 15.7 Å². The van der Waals surface area contributed by atoms with Gasteiger partial charge >= 0.3 is 0 Å². The molecule has 0 unspecified atom stereocenters. The molecule has 0 atom stereocenters. The Balaban J connectivity index is 1.84. The van der Waals surface area contributed by atoms with E-state index in [0.717, 1.165) is 11.0 Å². The van der Waals surface area contributed by atoms with Gasteiger partial charge in [0.1, 0.15) is 17.0 Å². The highest BCUT2D eigenvalue weighted by molar-refractivity contribution is 7.90. The van der Waals surface area contributed by atoms with Gasteiger partial charge in [-0.05, 0) is 43.3 Å². The lowest BCUT2D eigenvalue weighted by Crippen LogP contribution is -2.31. The van der Waals surface area contributed by atoms with Crippen molar-refractivity contribution in [2.45, 2.75) is 18.4 Å². The van der Waals surface area contributed by atoms with Gasteiger partial charge in [-0.15, -0.1) is 0 Å². The third-order valence-corrected chi connectivity index (χ3v) is 6.76. The smallest absolute Gasteiger partial charge is 0.261 e. The molecule has 0 aliphatic heterocycles. The van der Waals surface area contributed by atoms with Gasteiger partial charge in [0.05, 0.1) is 34.6 Å². The third-order valence-electron chi connectivity index (χ3n) is 4.56. The minimum Gasteiger partial charge on any atom is -0.492 e. The molecule has 2 aromatic carbocycles. The molecule has 0 spiro atoms. The van der Waals surface area contributed by atoms with E-state index in [4.69, 9.17) is 9.15 Å². The predicted molar refractivity (Wildman–Crippen MR) is 120 cm³/mol. The number of benzene rings is 2. The fourth-order valence-corrected chi connectivity index (χ4v) is 5.06. The first-order chi connectivity index (χ1) is 14.9. The number of nitrogens with zero attached hydrogens (tertiary/aromatic N) is 2. The van der Waals surface area contributed by atoms with Crippen molar-refractivity contribution in [2.24, 2.45) is 0 Å². The number of sulfone groups is 1. The number of amides is 1. The van der Waals surface area contributed by atoms with Crippen LogP contribution in [0.5, 0.6) is 5.75 Å². The molecule has 1 amide bonds. The summed E-state index contributed by atoms with van der Waals surface area (Å²) in [5.74, 6) is 0.702. The van der Waals surface area contributed by atoms with Gasteiger partial charge in [0.15, 0.2) is 15.0 Å². The Morgan fingerprint density at radius 3 is 2.65 bits per heavy atom. The summed E-state index contributed by atoms with van der Waals surface area (Å²) in [4.78, 5) is 19.6. The monoisotopic (exact) mass is 456 g/mol. The summed E-state index contributed by atoms with van der Waals surface area (Å²) >= 11 is 1.33. The quantitative estimate of drug-likeness (QED) is 0.406. The molecule has 9 heteroatoms. The number of ether oxygens (including phenoxy) is 1. The van der Waals surface area contributed by atoms with Gasteiger partial charge in [-0.2, -0.15) is 0 Å². The van der Waals surface area contributed by atoms with Crippen molar-refractivity contribution in [3.8, 4) is 5.75 Å². The molecule has 0 fully saturated rings. The molecule has 0 radical (unpaired) electrons. The lowest BCUT2D eigenvalue weighted by Gasteiger charge is -2.20. The number of para-hydroxylation sites is 1. The van der Waals surface area contributed by atoms with E-state index >= 15 is 0 Å². The molecule has 4 rings (SSSR count). The van der Waals surface area contributed by atoms with Crippen molar-refractivity contribution in [3.63, 3.8) is 0 Å². The second kappa shape index (κ2) is 8.52. The second-order valence-electron chi connectivity index (χ2n) is 6.77. The highest BCUT2D eigenvalue weighted by Gasteiger charge is 2.27. The SMILES string of the molecule is CCOc1cccc2sc(N(Cc3ccco3)C(=O)c3ccccc3S(C)(=O)=O)nc12. The van der Waals surface area contributed by atoms with E-state index in [1.807, 2.05) is 25.1 Å².